The van der Waals surface area contributed by atoms with Crippen LogP contribution in [0, 0.1) is 0 Å². The van der Waals surface area contributed by atoms with Crippen LogP contribution in [0.5, 0.6) is 0 Å². The fourth-order valence-electron chi connectivity index (χ4n) is 3.24. The monoisotopic (exact) mass is 384 g/mol. The van der Waals surface area contributed by atoms with Gasteiger partial charge in [0.15, 0.2) is 0 Å². The molecule has 1 aromatic carbocycles. The van der Waals surface area contributed by atoms with E-state index in [4.69, 9.17) is 0 Å². The number of nitrogens with zero attached hydrogens (tertiary/aromatic N) is 5. The van der Waals surface area contributed by atoms with Gasteiger partial charge in [-0.15, -0.1) is 0 Å². The number of rotatable bonds is 4. The third-order valence-electron chi connectivity index (χ3n) is 4.79. The summed E-state index contributed by atoms with van der Waals surface area (Å²) in [6.07, 6.45) is 0.859. The van der Waals surface area contributed by atoms with Crippen molar-refractivity contribution in [3.05, 3.63) is 47.3 Å². The third-order valence-corrected chi connectivity index (χ3v) is 4.79. The molecule has 28 heavy (non-hydrogen) atoms. The van der Waals surface area contributed by atoms with Crippen LogP contribution in [-0.2, 0) is 19.6 Å². The maximum Gasteiger partial charge on any atom is 0.319 e. The van der Waals surface area contributed by atoms with E-state index in [2.05, 4.69) is 10.4 Å². The number of anilines is 1. The molecule has 1 aromatic heterocycles. The molecule has 1 aliphatic rings. The van der Waals surface area contributed by atoms with Gasteiger partial charge in [-0.05, 0) is 36.8 Å². The second-order valence-electron chi connectivity index (χ2n) is 7.43. The lowest BCUT2D eigenvalue weighted by Crippen LogP contribution is -2.38. The topological polar surface area (TPSA) is 73.7 Å². The molecule has 0 bridgehead atoms. The summed E-state index contributed by atoms with van der Waals surface area (Å²) < 4.78 is 1.94. The molecule has 2 heterocycles. The first-order chi connectivity index (χ1) is 13.3. The van der Waals surface area contributed by atoms with Crippen LogP contribution in [0.4, 0.5) is 10.5 Å². The Morgan fingerprint density at radius 1 is 1.11 bits per heavy atom. The van der Waals surface area contributed by atoms with E-state index >= 15 is 0 Å². The Kier molecular flexibility index (Phi) is 5.87. The summed E-state index contributed by atoms with van der Waals surface area (Å²) in [6.45, 7) is 2.38. The summed E-state index contributed by atoms with van der Waals surface area (Å²) in [5.41, 5.74) is 3.46. The third kappa shape index (κ3) is 4.44. The number of amides is 3. The molecule has 0 atom stereocenters. The number of carbonyl (C=O) groups is 2. The number of urea groups is 1. The van der Waals surface area contributed by atoms with Crippen LogP contribution < -0.4 is 10.2 Å². The molecule has 1 aliphatic heterocycles. The molecule has 1 N–H and O–H groups in total. The normalized spacial score (nSPS) is 13.5. The molecule has 8 nitrogen and oxygen atoms in total. The van der Waals surface area contributed by atoms with Gasteiger partial charge in [0.05, 0.1) is 24.5 Å². The second kappa shape index (κ2) is 8.33. The molecule has 3 rings (SSSR count). The van der Waals surface area contributed by atoms with Crippen molar-refractivity contribution in [2.45, 2.75) is 26.1 Å². The Labute approximate surface area is 165 Å². The number of aryl methyl sites for hydroxylation is 1. The van der Waals surface area contributed by atoms with Crippen molar-refractivity contribution in [1.29, 1.82) is 0 Å². The van der Waals surface area contributed by atoms with Gasteiger partial charge in [0.25, 0.3) is 5.91 Å². The molecular formula is C20H28N6O2. The van der Waals surface area contributed by atoms with Crippen LogP contribution in [0.3, 0.4) is 0 Å². The van der Waals surface area contributed by atoms with E-state index in [1.54, 1.807) is 19.0 Å². The zero-order chi connectivity index (χ0) is 20.3. The fraction of sp³-hybridized carbons (Fsp3) is 0.450. The van der Waals surface area contributed by atoms with Crippen LogP contribution in [-0.4, -0.2) is 66.3 Å². The van der Waals surface area contributed by atoms with Crippen LogP contribution in [0.15, 0.2) is 30.3 Å². The minimum absolute atomic E-state index is 0.00525. The SMILES string of the molecule is CN(C)C(=O)N1CCCn2nc(CNC(=O)c3ccc(N(C)C)cc3)cc2C1. The van der Waals surface area contributed by atoms with Crippen LogP contribution in [0.25, 0.3) is 0 Å². The predicted molar refractivity (Wildman–Crippen MR) is 108 cm³/mol. The smallest absolute Gasteiger partial charge is 0.319 e. The zero-order valence-corrected chi connectivity index (χ0v) is 17.0. The molecule has 0 fully saturated rings. The number of hydrogen-bond donors (Lipinski definition) is 1. The summed E-state index contributed by atoms with van der Waals surface area (Å²) in [7, 11) is 7.45. The molecule has 0 spiro atoms. The van der Waals surface area contributed by atoms with E-state index in [0.29, 0.717) is 18.7 Å². The molecule has 0 saturated carbocycles. The first-order valence-electron chi connectivity index (χ1n) is 9.42. The van der Waals surface area contributed by atoms with Crippen molar-refractivity contribution in [3.8, 4) is 0 Å². The molecular weight excluding hydrogens is 356 g/mol. The Balaban J connectivity index is 1.62. The number of fused-ring (bicyclic) bond motifs is 1. The highest BCUT2D eigenvalue weighted by molar-refractivity contribution is 5.94. The summed E-state index contributed by atoms with van der Waals surface area (Å²) in [4.78, 5) is 30.1. The van der Waals surface area contributed by atoms with Crippen LogP contribution in [0.2, 0.25) is 0 Å². The van der Waals surface area contributed by atoms with Crippen molar-refractivity contribution in [3.63, 3.8) is 0 Å². The second-order valence-corrected chi connectivity index (χ2v) is 7.43. The van der Waals surface area contributed by atoms with Gasteiger partial charge in [0.1, 0.15) is 0 Å². The average Bonchev–Trinajstić information content (AvgIpc) is 2.95. The number of aromatic nitrogens is 2. The lowest BCUT2D eigenvalue weighted by Gasteiger charge is -2.23. The van der Waals surface area contributed by atoms with Gasteiger partial charge in [0, 0.05) is 52.5 Å². The lowest BCUT2D eigenvalue weighted by molar-refractivity contribution is 0.0950. The maximum absolute atomic E-state index is 12.4. The lowest BCUT2D eigenvalue weighted by atomic mass is 10.2. The maximum atomic E-state index is 12.4. The highest BCUT2D eigenvalue weighted by atomic mass is 16.2. The molecule has 0 unspecified atom stereocenters. The number of hydrogen-bond acceptors (Lipinski definition) is 4. The van der Waals surface area contributed by atoms with Crippen molar-refractivity contribution in [2.75, 3.05) is 39.6 Å². The van der Waals surface area contributed by atoms with Crippen molar-refractivity contribution >= 4 is 17.6 Å². The minimum atomic E-state index is -0.127. The van der Waals surface area contributed by atoms with E-state index in [0.717, 1.165) is 36.6 Å². The minimum Gasteiger partial charge on any atom is -0.378 e. The summed E-state index contributed by atoms with van der Waals surface area (Å²) in [6, 6.07) is 9.45. The van der Waals surface area contributed by atoms with Gasteiger partial charge < -0.3 is 20.0 Å². The Hall–Kier alpha value is -3.03. The first kappa shape index (κ1) is 19.7. The van der Waals surface area contributed by atoms with Gasteiger partial charge in [0.2, 0.25) is 0 Å². The summed E-state index contributed by atoms with van der Waals surface area (Å²) in [5.74, 6) is -0.127. The summed E-state index contributed by atoms with van der Waals surface area (Å²) >= 11 is 0. The number of benzene rings is 1. The highest BCUT2D eigenvalue weighted by Crippen LogP contribution is 2.16. The molecule has 2 aromatic rings. The van der Waals surface area contributed by atoms with E-state index < -0.39 is 0 Å². The Bertz CT molecular complexity index is 841. The largest absolute Gasteiger partial charge is 0.378 e. The molecule has 0 saturated heterocycles. The molecule has 3 amide bonds. The number of nitrogens with one attached hydrogen (secondary N) is 1. The van der Waals surface area contributed by atoms with Gasteiger partial charge in [-0.3, -0.25) is 9.48 Å². The van der Waals surface area contributed by atoms with Crippen LogP contribution in [0.1, 0.15) is 28.2 Å². The Morgan fingerprint density at radius 3 is 2.46 bits per heavy atom. The van der Waals surface area contributed by atoms with Crippen molar-refractivity contribution in [1.82, 2.24) is 24.9 Å². The van der Waals surface area contributed by atoms with Gasteiger partial charge in [-0.25, -0.2) is 4.79 Å². The van der Waals surface area contributed by atoms with Gasteiger partial charge in [-0.1, -0.05) is 0 Å². The average molecular weight is 384 g/mol. The highest BCUT2D eigenvalue weighted by Gasteiger charge is 2.21. The van der Waals surface area contributed by atoms with E-state index in [1.165, 1.54) is 0 Å². The quantitative estimate of drug-likeness (QED) is 0.872. The van der Waals surface area contributed by atoms with Gasteiger partial charge in [-0.2, -0.15) is 5.10 Å². The Morgan fingerprint density at radius 2 is 1.82 bits per heavy atom. The van der Waals surface area contributed by atoms with Crippen molar-refractivity contribution in [2.24, 2.45) is 0 Å². The van der Waals surface area contributed by atoms with E-state index in [-0.39, 0.29) is 11.9 Å². The summed E-state index contributed by atoms with van der Waals surface area (Å²) in [5, 5.41) is 7.52. The van der Waals surface area contributed by atoms with E-state index in [1.807, 2.05) is 58.9 Å². The van der Waals surface area contributed by atoms with Crippen LogP contribution >= 0.6 is 0 Å². The zero-order valence-electron chi connectivity index (χ0n) is 17.0. The fourth-order valence-corrected chi connectivity index (χ4v) is 3.24. The van der Waals surface area contributed by atoms with E-state index in [9.17, 15) is 9.59 Å². The first-order valence-corrected chi connectivity index (χ1v) is 9.42. The molecule has 150 valence electrons. The standard InChI is InChI=1S/C20H28N6O2/c1-23(2)17-8-6-15(7-9-17)19(27)21-13-16-12-18-14-25(20(28)24(3)4)10-5-11-26(18)22-16/h6-9,12H,5,10-11,13-14H2,1-4H3,(H,21,27). The molecule has 0 aliphatic carbocycles. The number of carbonyl (C=O) groups excluding carboxylic acids is 2. The molecule has 0 radical (unpaired) electrons. The predicted octanol–water partition coefficient (Wildman–Crippen LogP) is 1.77. The molecule has 8 heteroatoms. The van der Waals surface area contributed by atoms with Crippen molar-refractivity contribution < 1.29 is 9.59 Å². The van der Waals surface area contributed by atoms with Gasteiger partial charge >= 0.3 is 6.03 Å².